The number of nitrogens with zero attached hydrogens (tertiary/aromatic N) is 1. The highest BCUT2D eigenvalue weighted by Gasteiger charge is 2.22. The van der Waals surface area contributed by atoms with Gasteiger partial charge in [0.2, 0.25) is 0 Å². The lowest BCUT2D eigenvalue weighted by Crippen LogP contribution is -2.16. The Hall–Kier alpha value is -2.12. The fourth-order valence-corrected chi connectivity index (χ4v) is 1.79. The van der Waals surface area contributed by atoms with Crippen molar-refractivity contribution in [2.24, 2.45) is 0 Å². The van der Waals surface area contributed by atoms with E-state index in [9.17, 15) is 10.1 Å². The number of nitrogens with one attached hydrogen (secondary N) is 1. The van der Waals surface area contributed by atoms with Crippen molar-refractivity contribution in [1.29, 1.82) is 0 Å². The first kappa shape index (κ1) is 13.3. The van der Waals surface area contributed by atoms with E-state index in [1.54, 1.807) is 32.4 Å². The van der Waals surface area contributed by atoms with Crippen LogP contribution in [0.4, 0.5) is 5.88 Å². The molecular formula is C12H14N2O5. The summed E-state index contributed by atoms with van der Waals surface area (Å²) in [6.45, 7) is 0.370. The van der Waals surface area contributed by atoms with Crippen LogP contribution in [0.3, 0.4) is 0 Å². The van der Waals surface area contributed by atoms with Gasteiger partial charge in [-0.15, -0.1) is 0 Å². The molecule has 0 aliphatic carbocycles. The molecule has 2 aromatic rings. The lowest BCUT2D eigenvalue weighted by molar-refractivity contribution is -0.402. The lowest BCUT2D eigenvalue weighted by Gasteiger charge is -2.09. The molecule has 0 aliphatic heterocycles. The van der Waals surface area contributed by atoms with Gasteiger partial charge < -0.3 is 18.9 Å². The molecule has 0 aliphatic rings. The first-order valence-electron chi connectivity index (χ1n) is 5.64. The van der Waals surface area contributed by atoms with Crippen molar-refractivity contribution in [2.45, 2.75) is 12.6 Å². The van der Waals surface area contributed by atoms with Crippen LogP contribution < -0.4 is 5.32 Å². The average molecular weight is 266 g/mol. The molecule has 102 valence electrons. The summed E-state index contributed by atoms with van der Waals surface area (Å²) in [5, 5.41) is 13.6. The van der Waals surface area contributed by atoms with Crippen LogP contribution in [0.2, 0.25) is 0 Å². The van der Waals surface area contributed by atoms with E-state index in [4.69, 9.17) is 13.6 Å². The molecule has 0 bridgehead atoms. The van der Waals surface area contributed by atoms with Gasteiger partial charge >= 0.3 is 5.88 Å². The molecule has 0 fully saturated rings. The van der Waals surface area contributed by atoms with Crippen LogP contribution in [-0.4, -0.2) is 19.1 Å². The molecule has 0 aromatic carbocycles. The monoisotopic (exact) mass is 266 g/mol. The summed E-state index contributed by atoms with van der Waals surface area (Å²) in [7, 11) is 3.30. The average Bonchev–Trinajstić information content (AvgIpc) is 3.01. The van der Waals surface area contributed by atoms with Gasteiger partial charge in [0, 0.05) is 7.11 Å². The zero-order chi connectivity index (χ0) is 13.8. The van der Waals surface area contributed by atoms with Crippen molar-refractivity contribution in [3.63, 3.8) is 0 Å². The summed E-state index contributed by atoms with van der Waals surface area (Å²) in [5.41, 5.74) is 0. The molecule has 0 radical (unpaired) electrons. The van der Waals surface area contributed by atoms with Crippen molar-refractivity contribution >= 4 is 5.88 Å². The van der Waals surface area contributed by atoms with Crippen LogP contribution in [0.25, 0.3) is 0 Å². The highest BCUT2D eigenvalue weighted by molar-refractivity contribution is 5.25. The summed E-state index contributed by atoms with van der Waals surface area (Å²) in [5.74, 6) is 1.42. The number of ether oxygens (including phenoxy) is 1. The molecule has 0 saturated carbocycles. The third-order valence-electron chi connectivity index (χ3n) is 2.62. The van der Waals surface area contributed by atoms with Crippen molar-refractivity contribution in [1.82, 2.24) is 5.32 Å². The molecule has 7 nitrogen and oxygen atoms in total. The smallest absolute Gasteiger partial charge is 0.433 e. The number of methoxy groups -OCH3 is 1. The lowest BCUT2D eigenvalue weighted by atomic mass is 10.2. The molecule has 0 amide bonds. The predicted molar refractivity (Wildman–Crippen MR) is 65.7 cm³/mol. The maximum Gasteiger partial charge on any atom is 0.433 e. The Kier molecular flexibility index (Phi) is 3.98. The highest BCUT2D eigenvalue weighted by Crippen LogP contribution is 2.27. The summed E-state index contributed by atoms with van der Waals surface area (Å²) >= 11 is 0. The Morgan fingerprint density at radius 3 is 2.58 bits per heavy atom. The first-order chi connectivity index (χ1) is 9.15. The number of hydrogen-bond donors (Lipinski definition) is 1. The third-order valence-corrected chi connectivity index (χ3v) is 2.62. The van der Waals surface area contributed by atoms with Crippen LogP contribution in [0.1, 0.15) is 23.3 Å². The molecule has 7 heteroatoms. The zero-order valence-electron chi connectivity index (χ0n) is 10.6. The second-order valence-electron chi connectivity index (χ2n) is 3.89. The highest BCUT2D eigenvalue weighted by atomic mass is 16.6. The van der Waals surface area contributed by atoms with Gasteiger partial charge in [-0.1, -0.05) is 0 Å². The Balaban J connectivity index is 2.24. The maximum atomic E-state index is 10.6. The fraction of sp³-hybridized carbons (Fsp3) is 0.333. The molecule has 2 rings (SSSR count). The normalized spacial score (nSPS) is 12.5. The van der Waals surface area contributed by atoms with Gasteiger partial charge in [-0.25, -0.2) is 0 Å². The van der Waals surface area contributed by atoms with Crippen LogP contribution >= 0.6 is 0 Å². The van der Waals surface area contributed by atoms with E-state index >= 15 is 0 Å². The zero-order valence-corrected chi connectivity index (χ0v) is 10.6. The Morgan fingerprint density at radius 2 is 2.00 bits per heavy atom. The van der Waals surface area contributed by atoms with Gasteiger partial charge in [0.1, 0.15) is 34.9 Å². The minimum absolute atomic E-state index is 0.293. The Morgan fingerprint density at radius 1 is 1.32 bits per heavy atom. The van der Waals surface area contributed by atoms with E-state index in [0.717, 1.165) is 0 Å². The minimum atomic E-state index is -0.575. The quantitative estimate of drug-likeness (QED) is 0.637. The van der Waals surface area contributed by atoms with E-state index < -0.39 is 4.92 Å². The topological polar surface area (TPSA) is 90.7 Å². The fourth-order valence-electron chi connectivity index (χ4n) is 1.79. The SMILES string of the molecule is CNC(c1ccc(COC)o1)c1ccc([N+](=O)[O-])o1. The third kappa shape index (κ3) is 2.83. The molecule has 2 aromatic heterocycles. The summed E-state index contributed by atoms with van der Waals surface area (Å²) in [6, 6.07) is 6.07. The van der Waals surface area contributed by atoms with E-state index in [1.165, 1.54) is 6.07 Å². The number of rotatable bonds is 6. The summed E-state index contributed by atoms with van der Waals surface area (Å²) in [4.78, 5) is 10.0. The number of furan rings is 2. The molecule has 2 heterocycles. The number of nitro groups is 1. The van der Waals surface area contributed by atoms with Crippen molar-refractivity contribution in [3.05, 3.63) is 51.7 Å². The van der Waals surface area contributed by atoms with Gasteiger partial charge in [0.05, 0.1) is 6.07 Å². The molecule has 0 spiro atoms. The standard InChI is InChI=1S/C12H14N2O5/c1-13-12(9-4-3-8(18-9)7-17-2)10-5-6-11(19-10)14(15)16/h3-6,12-13H,7H2,1-2H3. The van der Waals surface area contributed by atoms with Gasteiger partial charge in [-0.05, 0) is 25.2 Å². The van der Waals surface area contributed by atoms with Crippen LogP contribution in [0.5, 0.6) is 0 Å². The van der Waals surface area contributed by atoms with Gasteiger partial charge in [0.15, 0.2) is 0 Å². The first-order valence-corrected chi connectivity index (χ1v) is 5.64. The van der Waals surface area contributed by atoms with Gasteiger partial charge in [-0.3, -0.25) is 10.1 Å². The minimum Gasteiger partial charge on any atom is -0.461 e. The van der Waals surface area contributed by atoms with Crippen LogP contribution in [0, 0.1) is 10.1 Å². The van der Waals surface area contributed by atoms with E-state index in [-0.39, 0.29) is 11.9 Å². The molecule has 1 N–H and O–H groups in total. The van der Waals surface area contributed by atoms with Crippen LogP contribution in [0.15, 0.2) is 33.1 Å². The molecule has 1 unspecified atom stereocenters. The van der Waals surface area contributed by atoms with E-state index in [2.05, 4.69) is 5.32 Å². The van der Waals surface area contributed by atoms with Crippen molar-refractivity contribution in [2.75, 3.05) is 14.2 Å². The Bertz CT molecular complexity index is 560. The van der Waals surface area contributed by atoms with Crippen LogP contribution in [-0.2, 0) is 11.3 Å². The van der Waals surface area contributed by atoms with Crippen molar-refractivity contribution in [3.8, 4) is 0 Å². The summed E-state index contributed by atoms with van der Waals surface area (Å²) in [6.07, 6.45) is 0. The van der Waals surface area contributed by atoms with Gasteiger partial charge in [0.25, 0.3) is 0 Å². The molecule has 1 atom stereocenters. The van der Waals surface area contributed by atoms with E-state index in [1.807, 2.05) is 0 Å². The number of hydrogen-bond acceptors (Lipinski definition) is 6. The summed E-state index contributed by atoms with van der Waals surface area (Å²) < 4.78 is 15.7. The predicted octanol–water partition coefficient (Wildman–Crippen LogP) is 2.24. The Labute approximate surface area is 109 Å². The molecular weight excluding hydrogens is 252 g/mol. The van der Waals surface area contributed by atoms with Crippen molar-refractivity contribution < 1.29 is 18.5 Å². The maximum absolute atomic E-state index is 10.6. The second kappa shape index (κ2) is 5.68. The molecule has 0 saturated heterocycles. The van der Waals surface area contributed by atoms with E-state index in [0.29, 0.717) is 23.9 Å². The largest absolute Gasteiger partial charge is 0.461 e. The molecule has 19 heavy (non-hydrogen) atoms. The second-order valence-corrected chi connectivity index (χ2v) is 3.89. The van der Waals surface area contributed by atoms with Gasteiger partial charge in [-0.2, -0.15) is 0 Å².